The van der Waals surface area contributed by atoms with E-state index in [1.54, 1.807) is 7.05 Å². The van der Waals surface area contributed by atoms with Crippen molar-refractivity contribution in [3.8, 4) is 6.07 Å². The molecule has 0 fully saturated rings. The number of aryl methyl sites for hydroxylation is 1. The molecule has 1 N–H and O–H groups in total. The Hall–Kier alpha value is -2.39. The molecule has 0 atom stereocenters. The summed E-state index contributed by atoms with van der Waals surface area (Å²) in [5.41, 5.74) is -0.00382. The quantitative estimate of drug-likeness (QED) is 0.916. The Labute approximate surface area is 113 Å². The smallest absolute Gasteiger partial charge is 0.259 e. The zero-order valence-corrected chi connectivity index (χ0v) is 10.6. The summed E-state index contributed by atoms with van der Waals surface area (Å²) in [7, 11) is 1.56. The molecule has 1 heterocycles. The lowest BCUT2D eigenvalue weighted by Crippen LogP contribution is -2.17. The normalized spacial score (nSPS) is 10.0. The second kappa shape index (κ2) is 5.08. The number of nitrogens with zero attached hydrogens (tertiary/aromatic N) is 3. The van der Waals surface area contributed by atoms with Gasteiger partial charge in [-0.3, -0.25) is 9.48 Å². The molecule has 0 aliphatic carbocycles. The van der Waals surface area contributed by atoms with Crippen LogP contribution >= 0.6 is 11.6 Å². The first-order valence-electron chi connectivity index (χ1n) is 5.22. The van der Waals surface area contributed by atoms with E-state index in [0.717, 1.165) is 0 Å². The average Bonchev–Trinajstić information content (AvgIpc) is 2.74. The molecule has 1 aromatic heterocycles. The van der Waals surface area contributed by atoms with E-state index in [1.807, 2.05) is 6.07 Å². The van der Waals surface area contributed by atoms with Crippen LogP contribution in [0.1, 0.15) is 15.9 Å². The number of carbonyl (C=O) groups is 1. The lowest BCUT2D eigenvalue weighted by atomic mass is 10.2. The summed E-state index contributed by atoms with van der Waals surface area (Å²) in [6, 6.07) is 6.00. The third-order valence-electron chi connectivity index (χ3n) is 2.49. The van der Waals surface area contributed by atoms with Gasteiger partial charge in [-0.1, -0.05) is 17.7 Å². The zero-order valence-electron chi connectivity index (χ0n) is 9.82. The number of carbonyl (C=O) groups excluding carboxylic acids is 1. The molecule has 2 rings (SSSR count). The van der Waals surface area contributed by atoms with Crippen LogP contribution in [0.25, 0.3) is 0 Å². The molecule has 0 bridgehead atoms. The summed E-state index contributed by atoms with van der Waals surface area (Å²) in [4.78, 5) is 11.9. The summed E-state index contributed by atoms with van der Waals surface area (Å²) >= 11 is 5.60. The summed E-state index contributed by atoms with van der Waals surface area (Å²) < 4.78 is 15.0. The fourth-order valence-corrected chi connectivity index (χ4v) is 1.70. The summed E-state index contributed by atoms with van der Waals surface area (Å²) in [6.07, 6.45) is 1.31. The lowest BCUT2D eigenvalue weighted by molar-refractivity contribution is 0.102. The summed E-state index contributed by atoms with van der Waals surface area (Å²) in [6.45, 7) is 0. The number of nitriles is 1. The first-order chi connectivity index (χ1) is 9.04. The van der Waals surface area contributed by atoms with Crippen LogP contribution in [0.15, 0.2) is 24.4 Å². The molecule has 96 valence electrons. The van der Waals surface area contributed by atoms with Gasteiger partial charge < -0.3 is 5.32 Å². The van der Waals surface area contributed by atoms with E-state index in [4.69, 9.17) is 16.9 Å². The Morgan fingerprint density at radius 1 is 1.58 bits per heavy atom. The van der Waals surface area contributed by atoms with E-state index in [9.17, 15) is 9.18 Å². The number of hydrogen-bond acceptors (Lipinski definition) is 3. The molecule has 1 amide bonds. The Morgan fingerprint density at radius 3 is 3.00 bits per heavy atom. The highest BCUT2D eigenvalue weighted by Crippen LogP contribution is 2.20. The molecule has 0 aliphatic rings. The predicted molar refractivity (Wildman–Crippen MR) is 67.3 cm³/mol. The van der Waals surface area contributed by atoms with Gasteiger partial charge >= 0.3 is 0 Å². The van der Waals surface area contributed by atoms with Crippen LogP contribution in [-0.4, -0.2) is 15.7 Å². The standard InChI is InChI=1S/C12H8ClFN4O/c1-18-11(7(5-15)6-16-18)17-12(19)8-3-2-4-9(13)10(8)14/h2-4,6H,1H3,(H,17,19). The van der Waals surface area contributed by atoms with Crippen molar-refractivity contribution in [1.29, 1.82) is 5.26 Å². The van der Waals surface area contributed by atoms with Gasteiger partial charge in [-0.25, -0.2) is 4.39 Å². The number of rotatable bonds is 2. The van der Waals surface area contributed by atoms with Gasteiger partial charge in [0.15, 0.2) is 5.82 Å². The van der Waals surface area contributed by atoms with E-state index < -0.39 is 11.7 Å². The Morgan fingerprint density at radius 2 is 2.32 bits per heavy atom. The Bertz CT molecular complexity index is 690. The summed E-state index contributed by atoms with van der Waals surface area (Å²) in [5, 5.41) is 15.0. The Balaban J connectivity index is 2.34. The third-order valence-corrected chi connectivity index (χ3v) is 2.78. The minimum atomic E-state index is -0.803. The van der Waals surface area contributed by atoms with Gasteiger partial charge in [0.25, 0.3) is 5.91 Å². The van der Waals surface area contributed by atoms with Crippen LogP contribution in [0.3, 0.4) is 0 Å². The molecule has 5 nitrogen and oxygen atoms in total. The second-order valence-electron chi connectivity index (χ2n) is 3.70. The number of benzene rings is 1. The van der Waals surface area contributed by atoms with Crippen LogP contribution in [0.4, 0.5) is 10.2 Å². The predicted octanol–water partition coefficient (Wildman–Crippen LogP) is 2.34. The molecule has 1 aromatic carbocycles. The molecular weight excluding hydrogens is 271 g/mol. The monoisotopic (exact) mass is 278 g/mol. The van der Waals surface area contributed by atoms with E-state index >= 15 is 0 Å². The SMILES string of the molecule is Cn1ncc(C#N)c1NC(=O)c1cccc(Cl)c1F. The van der Waals surface area contributed by atoms with Crippen molar-refractivity contribution in [2.45, 2.75) is 0 Å². The van der Waals surface area contributed by atoms with E-state index in [2.05, 4.69) is 10.4 Å². The second-order valence-corrected chi connectivity index (χ2v) is 4.10. The molecule has 0 spiro atoms. The van der Waals surface area contributed by atoms with Crippen molar-refractivity contribution in [2.24, 2.45) is 7.05 Å². The van der Waals surface area contributed by atoms with E-state index in [-0.39, 0.29) is 22.0 Å². The minimum absolute atomic E-state index is 0.141. The highest BCUT2D eigenvalue weighted by atomic mass is 35.5. The maximum Gasteiger partial charge on any atom is 0.259 e. The van der Waals surface area contributed by atoms with Gasteiger partial charge in [-0.2, -0.15) is 10.4 Å². The molecule has 2 aromatic rings. The number of nitrogens with one attached hydrogen (secondary N) is 1. The van der Waals surface area contributed by atoms with Gasteiger partial charge in [0.2, 0.25) is 0 Å². The first-order valence-corrected chi connectivity index (χ1v) is 5.60. The van der Waals surface area contributed by atoms with Crippen LogP contribution < -0.4 is 5.32 Å². The fraction of sp³-hybridized carbons (Fsp3) is 0.0833. The maximum absolute atomic E-state index is 13.7. The van der Waals surface area contributed by atoms with E-state index in [0.29, 0.717) is 0 Å². The van der Waals surface area contributed by atoms with Crippen LogP contribution in [0, 0.1) is 17.1 Å². The highest BCUT2D eigenvalue weighted by molar-refractivity contribution is 6.31. The number of hydrogen-bond donors (Lipinski definition) is 1. The third kappa shape index (κ3) is 2.41. The van der Waals surface area contributed by atoms with Crippen molar-refractivity contribution in [3.63, 3.8) is 0 Å². The minimum Gasteiger partial charge on any atom is -0.306 e. The fourth-order valence-electron chi connectivity index (χ4n) is 1.52. The molecule has 0 radical (unpaired) electrons. The van der Waals surface area contributed by atoms with Crippen LogP contribution in [-0.2, 0) is 7.05 Å². The molecule has 0 unspecified atom stereocenters. The van der Waals surface area contributed by atoms with Crippen molar-refractivity contribution >= 4 is 23.3 Å². The van der Waals surface area contributed by atoms with Crippen molar-refractivity contribution in [3.05, 3.63) is 46.4 Å². The maximum atomic E-state index is 13.7. The molecular formula is C12H8ClFN4O. The van der Waals surface area contributed by atoms with Crippen molar-refractivity contribution < 1.29 is 9.18 Å². The lowest BCUT2D eigenvalue weighted by Gasteiger charge is -2.07. The summed E-state index contributed by atoms with van der Waals surface area (Å²) in [5.74, 6) is -1.30. The van der Waals surface area contributed by atoms with Crippen molar-refractivity contribution in [2.75, 3.05) is 5.32 Å². The van der Waals surface area contributed by atoms with Gasteiger partial charge in [-0.15, -0.1) is 0 Å². The largest absolute Gasteiger partial charge is 0.306 e. The highest BCUT2D eigenvalue weighted by Gasteiger charge is 2.17. The first kappa shape index (κ1) is 13.1. The van der Waals surface area contributed by atoms with E-state index in [1.165, 1.54) is 29.1 Å². The molecule has 0 saturated carbocycles. The molecule has 7 heteroatoms. The number of aromatic nitrogens is 2. The number of anilines is 1. The van der Waals surface area contributed by atoms with Crippen LogP contribution in [0.2, 0.25) is 5.02 Å². The van der Waals surface area contributed by atoms with Crippen LogP contribution in [0.5, 0.6) is 0 Å². The number of amides is 1. The topological polar surface area (TPSA) is 70.7 Å². The van der Waals surface area contributed by atoms with Gasteiger partial charge in [0.1, 0.15) is 17.5 Å². The molecule has 0 aliphatic heterocycles. The Kier molecular flexibility index (Phi) is 3.49. The van der Waals surface area contributed by atoms with Gasteiger partial charge in [0, 0.05) is 7.05 Å². The molecule has 19 heavy (non-hydrogen) atoms. The van der Waals surface area contributed by atoms with Gasteiger partial charge in [-0.05, 0) is 12.1 Å². The number of halogens is 2. The average molecular weight is 279 g/mol. The molecule has 0 saturated heterocycles. The zero-order chi connectivity index (χ0) is 14.0. The van der Waals surface area contributed by atoms with Crippen molar-refractivity contribution in [1.82, 2.24) is 9.78 Å². The van der Waals surface area contributed by atoms with Gasteiger partial charge in [0.05, 0.1) is 16.8 Å².